The van der Waals surface area contributed by atoms with Crippen LogP contribution in [0.25, 0.3) is 0 Å². The predicted octanol–water partition coefficient (Wildman–Crippen LogP) is 3.43. The molecule has 0 fully saturated rings. The number of nitro benzene ring substituents is 1. The van der Waals surface area contributed by atoms with Gasteiger partial charge in [0, 0.05) is 24.0 Å². The second kappa shape index (κ2) is 5.80. The van der Waals surface area contributed by atoms with Crippen LogP contribution in [-0.4, -0.2) is 10.0 Å². The molecule has 0 amide bonds. The molecular formula is C13H10F3N3O3. The summed E-state index contributed by atoms with van der Waals surface area (Å²) in [4.78, 5) is 9.97. The van der Waals surface area contributed by atoms with Crippen molar-refractivity contribution in [2.75, 3.05) is 5.32 Å². The van der Waals surface area contributed by atoms with Crippen molar-refractivity contribution in [3.05, 3.63) is 69.9 Å². The summed E-state index contributed by atoms with van der Waals surface area (Å²) in [6.07, 6.45) is 1.30. The van der Waals surface area contributed by atoms with E-state index in [-0.39, 0.29) is 5.69 Å². The molecule has 0 radical (unpaired) electrons. The molecule has 0 spiro atoms. The van der Waals surface area contributed by atoms with Gasteiger partial charge in [0.2, 0.25) is 0 Å². The average Bonchev–Trinajstić information content (AvgIpc) is 2.47. The Bertz CT molecular complexity index is 680. The zero-order chi connectivity index (χ0) is 16.3. The van der Waals surface area contributed by atoms with E-state index in [1.165, 1.54) is 24.6 Å². The van der Waals surface area contributed by atoms with E-state index in [0.29, 0.717) is 17.7 Å². The Hall–Kier alpha value is -2.97. The van der Waals surface area contributed by atoms with Crippen molar-refractivity contribution >= 4 is 11.4 Å². The highest BCUT2D eigenvalue weighted by Gasteiger charge is 2.33. The molecule has 116 valence electrons. The first-order valence-corrected chi connectivity index (χ1v) is 5.94. The zero-order valence-corrected chi connectivity index (χ0v) is 10.9. The molecule has 22 heavy (non-hydrogen) atoms. The van der Waals surface area contributed by atoms with E-state index < -0.39 is 28.2 Å². The number of aliphatic hydroxyl groups excluding tert-OH is 1. The van der Waals surface area contributed by atoms with Crippen LogP contribution in [0, 0.1) is 10.1 Å². The van der Waals surface area contributed by atoms with Gasteiger partial charge >= 0.3 is 6.18 Å². The SMILES string of the molecule is O=[N+]([O-])c1cc(C(F)(F)F)ccc1NC(O)=C1C=CNC=C1. The maximum Gasteiger partial charge on any atom is 0.416 e. The molecule has 0 aliphatic carbocycles. The van der Waals surface area contributed by atoms with Gasteiger partial charge in [0.25, 0.3) is 5.69 Å². The van der Waals surface area contributed by atoms with Crippen LogP contribution in [0.3, 0.4) is 0 Å². The van der Waals surface area contributed by atoms with Crippen LogP contribution in [0.2, 0.25) is 0 Å². The molecule has 9 heteroatoms. The number of halogens is 3. The first-order chi connectivity index (χ1) is 10.3. The van der Waals surface area contributed by atoms with Gasteiger partial charge in [-0.15, -0.1) is 0 Å². The Labute approximate surface area is 122 Å². The molecule has 0 saturated heterocycles. The largest absolute Gasteiger partial charge is 0.494 e. The Morgan fingerprint density at radius 3 is 2.45 bits per heavy atom. The second-order valence-corrected chi connectivity index (χ2v) is 4.25. The fourth-order valence-electron chi connectivity index (χ4n) is 1.71. The number of rotatable bonds is 3. The van der Waals surface area contributed by atoms with E-state index >= 15 is 0 Å². The Morgan fingerprint density at radius 1 is 1.27 bits per heavy atom. The molecular weight excluding hydrogens is 303 g/mol. The van der Waals surface area contributed by atoms with E-state index in [1.54, 1.807) is 0 Å². The lowest BCUT2D eigenvalue weighted by atomic mass is 10.1. The zero-order valence-electron chi connectivity index (χ0n) is 10.9. The van der Waals surface area contributed by atoms with Gasteiger partial charge in [0.15, 0.2) is 5.88 Å². The molecule has 1 aliphatic rings. The van der Waals surface area contributed by atoms with E-state index in [9.17, 15) is 28.4 Å². The fourth-order valence-corrected chi connectivity index (χ4v) is 1.71. The quantitative estimate of drug-likeness (QED) is 0.452. The molecule has 3 N–H and O–H groups in total. The molecule has 2 rings (SSSR count). The van der Waals surface area contributed by atoms with Gasteiger partial charge in [-0.25, -0.2) is 0 Å². The van der Waals surface area contributed by atoms with Crippen LogP contribution in [-0.2, 0) is 6.18 Å². The molecule has 0 saturated carbocycles. The van der Waals surface area contributed by atoms with Crippen molar-refractivity contribution in [2.24, 2.45) is 0 Å². The van der Waals surface area contributed by atoms with Crippen molar-refractivity contribution in [3.8, 4) is 0 Å². The second-order valence-electron chi connectivity index (χ2n) is 4.25. The molecule has 1 aromatic carbocycles. The topological polar surface area (TPSA) is 87.4 Å². The highest BCUT2D eigenvalue weighted by atomic mass is 19.4. The third kappa shape index (κ3) is 3.37. The standard InChI is InChI=1S/C13H10F3N3O3/c14-13(15,16)9-1-2-10(11(7-9)19(21)22)18-12(20)8-3-5-17-6-4-8/h1-7,17-18,20H. The van der Waals surface area contributed by atoms with Crippen LogP contribution in [0.4, 0.5) is 24.5 Å². The molecule has 6 nitrogen and oxygen atoms in total. The summed E-state index contributed by atoms with van der Waals surface area (Å²) in [6.45, 7) is 0. The van der Waals surface area contributed by atoms with Crippen molar-refractivity contribution in [1.82, 2.24) is 5.32 Å². The summed E-state index contributed by atoms with van der Waals surface area (Å²) in [5.41, 5.74) is -1.86. The van der Waals surface area contributed by atoms with E-state index in [0.717, 1.165) is 6.07 Å². The number of aliphatic hydroxyl groups is 1. The van der Waals surface area contributed by atoms with E-state index in [2.05, 4.69) is 10.6 Å². The Kier molecular flexibility index (Phi) is 4.06. The number of anilines is 1. The number of hydrogen-bond donors (Lipinski definition) is 3. The van der Waals surface area contributed by atoms with Crippen molar-refractivity contribution in [3.63, 3.8) is 0 Å². The van der Waals surface area contributed by atoms with Gasteiger partial charge in [0.05, 0.1) is 10.5 Å². The number of alkyl halides is 3. The number of benzene rings is 1. The molecule has 0 unspecified atom stereocenters. The molecule has 1 heterocycles. The van der Waals surface area contributed by atoms with Crippen LogP contribution in [0.1, 0.15) is 5.56 Å². The minimum absolute atomic E-state index is 0.247. The summed E-state index contributed by atoms with van der Waals surface area (Å²) >= 11 is 0. The Balaban J connectivity index is 2.39. The normalized spacial score (nSPS) is 13.7. The summed E-state index contributed by atoms with van der Waals surface area (Å²) in [5, 5.41) is 25.8. The van der Waals surface area contributed by atoms with Crippen molar-refractivity contribution < 1.29 is 23.2 Å². The van der Waals surface area contributed by atoms with Crippen molar-refractivity contribution in [2.45, 2.75) is 6.18 Å². The van der Waals surface area contributed by atoms with Gasteiger partial charge in [-0.05, 0) is 24.3 Å². The van der Waals surface area contributed by atoms with Crippen LogP contribution < -0.4 is 10.6 Å². The first-order valence-electron chi connectivity index (χ1n) is 5.94. The monoisotopic (exact) mass is 313 g/mol. The lowest BCUT2D eigenvalue weighted by Gasteiger charge is -2.11. The third-order valence-electron chi connectivity index (χ3n) is 2.77. The lowest BCUT2D eigenvalue weighted by molar-refractivity contribution is -0.384. The van der Waals surface area contributed by atoms with Crippen molar-refractivity contribution in [1.29, 1.82) is 0 Å². The highest BCUT2D eigenvalue weighted by molar-refractivity contribution is 5.65. The van der Waals surface area contributed by atoms with Crippen LogP contribution in [0.5, 0.6) is 0 Å². The molecule has 0 bridgehead atoms. The smallest absolute Gasteiger partial charge is 0.416 e. The minimum Gasteiger partial charge on any atom is -0.494 e. The minimum atomic E-state index is -4.69. The maximum atomic E-state index is 12.6. The van der Waals surface area contributed by atoms with Gasteiger partial charge in [-0.1, -0.05) is 0 Å². The molecule has 0 atom stereocenters. The van der Waals surface area contributed by atoms with Gasteiger partial charge in [0.1, 0.15) is 5.69 Å². The van der Waals surface area contributed by atoms with Gasteiger partial charge in [-0.3, -0.25) is 10.1 Å². The average molecular weight is 313 g/mol. The predicted molar refractivity (Wildman–Crippen MR) is 72.8 cm³/mol. The molecule has 0 aromatic heterocycles. The first kappa shape index (κ1) is 15.4. The summed E-state index contributed by atoms with van der Waals surface area (Å²) in [6, 6.07) is 2.00. The summed E-state index contributed by atoms with van der Waals surface area (Å²) < 4.78 is 37.8. The Morgan fingerprint density at radius 2 is 1.91 bits per heavy atom. The van der Waals surface area contributed by atoms with Gasteiger partial charge < -0.3 is 15.7 Å². The lowest BCUT2D eigenvalue weighted by Crippen LogP contribution is -2.09. The van der Waals surface area contributed by atoms with E-state index in [4.69, 9.17) is 0 Å². The van der Waals surface area contributed by atoms with E-state index in [1.807, 2.05) is 0 Å². The molecule has 1 aromatic rings. The number of nitrogens with zero attached hydrogens (tertiary/aromatic N) is 1. The number of hydrogen-bond acceptors (Lipinski definition) is 5. The summed E-state index contributed by atoms with van der Waals surface area (Å²) in [5.74, 6) is -0.420. The maximum absolute atomic E-state index is 12.6. The number of dihydropyridines is 1. The van der Waals surface area contributed by atoms with Crippen LogP contribution >= 0.6 is 0 Å². The number of allylic oxidation sites excluding steroid dienone is 3. The fraction of sp³-hybridized carbons (Fsp3) is 0.0769. The van der Waals surface area contributed by atoms with Gasteiger partial charge in [-0.2, -0.15) is 13.2 Å². The highest BCUT2D eigenvalue weighted by Crippen LogP contribution is 2.35. The molecule has 1 aliphatic heterocycles. The number of nitrogens with one attached hydrogen (secondary N) is 2. The summed E-state index contributed by atoms with van der Waals surface area (Å²) in [7, 11) is 0. The number of nitro groups is 1. The third-order valence-corrected chi connectivity index (χ3v) is 2.77. The van der Waals surface area contributed by atoms with Crippen LogP contribution in [0.15, 0.2) is 54.2 Å².